The van der Waals surface area contributed by atoms with E-state index in [0.29, 0.717) is 5.56 Å². The highest BCUT2D eigenvalue weighted by atomic mass is 16.5. The van der Waals surface area contributed by atoms with Crippen LogP contribution in [0.2, 0.25) is 0 Å². The van der Waals surface area contributed by atoms with Crippen molar-refractivity contribution in [3.8, 4) is 0 Å². The lowest BCUT2D eigenvalue weighted by molar-refractivity contribution is 0.0798. The van der Waals surface area contributed by atoms with Crippen LogP contribution in [0.3, 0.4) is 0 Å². The number of aromatic nitrogens is 1. The molecule has 0 saturated heterocycles. The smallest absolute Gasteiger partial charge is 0.151 e. The fraction of sp³-hybridized carbons (Fsp3) is 0.273. The van der Waals surface area contributed by atoms with Crippen molar-refractivity contribution in [2.75, 3.05) is 6.61 Å². The number of carbonyl (C=O) groups excluding carboxylic acids is 1. The number of hydrogen-bond donors (Lipinski definition) is 0. The predicted molar refractivity (Wildman–Crippen MR) is 52.1 cm³/mol. The van der Waals surface area contributed by atoms with E-state index >= 15 is 0 Å². The lowest BCUT2D eigenvalue weighted by Crippen LogP contribution is -2.07. The molecule has 14 heavy (non-hydrogen) atoms. The van der Waals surface area contributed by atoms with E-state index in [1.54, 1.807) is 18.5 Å². The average molecular weight is 189 g/mol. The Balaban J connectivity index is 2.26. The predicted octanol–water partition coefficient (Wildman–Crippen LogP) is 1.91. The van der Waals surface area contributed by atoms with Crippen LogP contribution in [0, 0.1) is 0 Å². The van der Waals surface area contributed by atoms with Crippen molar-refractivity contribution in [2.45, 2.75) is 12.5 Å². The molecule has 0 fully saturated rings. The molecule has 1 atom stereocenters. The van der Waals surface area contributed by atoms with Crippen molar-refractivity contribution in [3.05, 3.63) is 41.7 Å². The number of hydrogen-bond acceptors (Lipinski definition) is 3. The van der Waals surface area contributed by atoms with Crippen LogP contribution in [-0.2, 0) is 4.74 Å². The van der Waals surface area contributed by atoms with Gasteiger partial charge in [-0.15, -0.1) is 0 Å². The van der Waals surface area contributed by atoms with Crippen molar-refractivity contribution >= 4 is 6.29 Å². The summed E-state index contributed by atoms with van der Waals surface area (Å²) in [4.78, 5) is 14.5. The summed E-state index contributed by atoms with van der Waals surface area (Å²) < 4.78 is 5.52. The first-order valence-electron chi connectivity index (χ1n) is 4.58. The van der Waals surface area contributed by atoms with Gasteiger partial charge in [0.15, 0.2) is 6.29 Å². The van der Waals surface area contributed by atoms with Gasteiger partial charge < -0.3 is 4.74 Å². The van der Waals surface area contributed by atoms with Crippen molar-refractivity contribution in [1.82, 2.24) is 4.98 Å². The summed E-state index contributed by atoms with van der Waals surface area (Å²) in [6, 6.07) is 1.81. The van der Waals surface area contributed by atoms with Gasteiger partial charge in [0, 0.05) is 23.5 Å². The standard InChI is InChI=1S/C11H11NO2/c13-8-9-5-10(7-12-6-9)11-3-1-2-4-14-11/h1,3,5-8,11H,2,4H2. The average Bonchev–Trinajstić information content (AvgIpc) is 2.30. The van der Waals surface area contributed by atoms with Crippen LogP contribution >= 0.6 is 0 Å². The van der Waals surface area contributed by atoms with E-state index in [0.717, 1.165) is 24.9 Å². The van der Waals surface area contributed by atoms with E-state index in [4.69, 9.17) is 4.74 Å². The van der Waals surface area contributed by atoms with Gasteiger partial charge in [0.25, 0.3) is 0 Å². The maximum absolute atomic E-state index is 10.5. The Morgan fingerprint density at radius 2 is 2.43 bits per heavy atom. The first-order valence-corrected chi connectivity index (χ1v) is 4.58. The molecule has 2 rings (SSSR count). The fourth-order valence-electron chi connectivity index (χ4n) is 1.44. The van der Waals surface area contributed by atoms with E-state index < -0.39 is 0 Å². The minimum Gasteiger partial charge on any atom is -0.369 e. The summed E-state index contributed by atoms with van der Waals surface area (Å²) in [5, 5.41) is 0. The topological polar surface area (TPSA) is 39.2 Å². The molecule has 0 bridgehead atoms. The minimum absolute atomic E-state index is 0.0452. The quantitative estimate of drug-likeness (QED) is 0.527. The molecule has 0 spiro atoms. The lowest BCUT2D eigenvalue weighted by Gasteiger charge is -2.17. The second-order valence-corrected chi connectivity index (χ2v) is 3.18. The highest BCUT2D eigenvalue weighted by Crippen LogP contribution is 2.22. The van der Waals surface area contributed by atoms with Gasteiger partial charge in [0.1, 0.15) is 6.10 Å². The Bertz CT molecular complexity index is 360. The van der Waals surface area contributed by atoms with Gasteiger partial charge in [0.05, 0.1) is 6.61 Å². The Morgan fingerprint density at radius 1 is 1.50 bits per heavy atom. The van der Waals surface area contributed by atoms with Crippen molar-refractivity contribution < 1.29 is 9.53 Å². The zero-order valence-corrected chi connectivity index (χ0v) is 7.72. The highest BCUT2D eigenvalue weighted by molar-refractivity contribution is 5.74. The summed E-state index contributed by atoms with van der Waals surface area (Å²) in [6.45, 7) is 0.729. The van der Waals surface area contributed by atoms with Gasteiger partial charge >= 0.3 is 0 Å². The van der Waals surface area contributed by atoms with Crippen LogP contribution < -0.4 is 0 Å². The molecule has 0 aliphatic carbocycles. The van der Waals surface area contributed by atoms with Crippen LogP contribution in [0.5, 0.6) is 0 Å². The molecular weight excluding hydrogens is 178 g/mol. The van der Waals surface area contributed by atoms with Crippen LogP contribution in [0.4, 0.5) is 0 Å². The summed E-state index contributed by atoms with van der Waals surface area (Å²) in [7, 11) is 0. The molecule has 1 aliphatic heterocycles. The number of carbonyl (C=O) groups is 1. The van der Waals surface area contributed by atoms with Gasteiger partial charge in [-0.3, -0.25) is 9.78 Å². The third kappa shape index (κ3) is 1.88. The molecule has 0 radical (unpaired) electrons. The molecule has 0 N–H and O–H groups in total. The van der Waals surface area contributed by atoms with Crippen LogP contribution in [0.15, 0.2) is 30.6 Å². The Morgan fingerprint density at radius 3 is 3.14 bits per heavy atom. The third-order valence-corrected chi connectivity index (χ3v) is 2.14. The molecule has 1 aromatic rings. The number of ether oxygens (including phenoxy) is 1. The minimum atomic E-state index is -0.0452. The zero-order chi connectivity index (χ0) is 9.80. The van der Waals surface area contributed by atoms with E-state index in [2.05, 4.69) is 11.1 Å². The van der Waals surface area contributed by atoms with Crippen molar-refractivity contribution in [2.24, 2.45) is 0 Å². The second kappa shape index (κ2) is 4.15. The molecule has 3 nitrogen and oxygen atoms in total. The van der Waals surface area contributed by atoms with Crippen molar-refractivity contribution in [1.29, 1.82) is 0 Å². The zero-order valence-electron chi connectivity index (χ0n) is 7.72. The molecule has 2 heterocycles. The van der Waals surface area contributed by atoms with Gasteiger partial charge in [-0.25, -0.2) is 0 Å². The maximum Gasteiger partial charge on any atom is 0.151 e. The Hall–Kier alpha value is -1.48. The van der Waals surface area contributed by atoms with Gasteiger partial charge in [-0.05, 0) is 12.5 Å². The first-order chi connectivity index (χ1) is 6.90. The lowest BCUT2D eigenvalue weighted by atomic mass is 10.1. The maximum atomic E-state index is 10.5. The van der Waals surface area contributed by atoms with E-state index in [1.807, 2.05) is 6.08 Å². The monoisotopic (exact) mass is 189 g/mol. The molecule has 0 amide bonds. The van der Waals surface area contributed by atoms with Crippen LogP contribution in [0.25, 0.3) is 0 Å². The number of nitrogens with zero attached hydrogens (tertiary/aromatic N) is 1. The number of aldehydes is 1. The summed E-state index contributed by atoms with van der Waals surface area (Å²) >= 11 is 0. The summed E-state index contributed by atoms with van der Waals surface area (Å²) in [6.07, 6.45) is 9.06. The molecule has 0 saturated carbocycles. The largest absolute Gasteiger partial charge is 0.369 e. The fourth-order valence-corrected chi connectivity index (χ4v) is 1.44. The first kappa shape index (κ1) is 9.09. The third-order valence-electron chi connectivity index (χ3n) is 2.14. The van der Waals surface area contributed by atoms with Gasteiger partial charge in [-0.2, -0.15) is 0 Å². The molecule has 0 aromatic carbocycles. The molecule has 72 valence electrons. The number of pyridine rings is 1. The number of rotatable bonds is 2. The SMILES string of the molecule is O=Cc1cncc(C2C=CCCO2)c1. The molecule has 1 unspecified atom stereocenters. The van der Waals surface area contributed by atoms with Gasteiger partial charge in [0.2, 0.25) is 0 Å². The van der Waals surface area contributed by atoms with E-state index in [-0.39, 0.29) is 6.10 Å². The van der Waals surface area contributed by atoms with E-state index in [1.165, 1.54) is 0 Å². The molecular formula is C11H11NO2. The van der Waals surface area contributed by atoms with Gasteiger partial charge in [-0.1, -0.05) is 12.2 Å². The summed E-state index contributed by atoms with van der Waals surface area (Å²) in [5.74, 6) is 0. The van der Waals surface area contributed by atoms with Crippen molar-refractivity contribution in [3.63, 3.8) is 0 Å². The normalized spacial score (nSPS) is 20.7. The Labute approximate surface area is 82.4 Å². The highest BCUT2D eigenvalue weighted by Gasteiger charge is 2.11. The van der Waals surface area contributed by atoms with E-state index in [9.17, 15) is 4.79 Å². The second-order valence-electron chi connectivity index (χ2n) is 3.18. The molecule has 1 aliphatic rings. The molecule has 3 heteroatoms. The van der Waals surface area contributed by atoms with Crippen LogP contribution in [-0.4, -0.2) is 17.9 Å². The van der Waals surface area contributed by atoms with Crippen LogP contribution in [0.1, 0.15) is 28.4 Å². The Kier molecular flexibility index (Phi) is 2.70. The summed E-state index contributed by atoms with van der Waals surface area (Å²) in [5.41, 5.74) is 1.52. The molecule has 1 aromatic heterocycles.